The molecule has 0 bridgehead atoms. The Balaban J connectivity index is 3.15. The van der Waals surface area contributed by atoms with E-state index in [4.69, 9.17) is 0 Å². The van der Waals surface area contributed by atoms with Crippen LogP contribution >= 0.6 is 0 Å². The monoisotopic (exact) mass is 194 g/mol. The number of benzene rings is 1. The largest absolute Gasteiger partial charge is 0.507 e. The predicted octanol–water partition coefficient (Wildman–Crippen LogP) is 0.818. The van der Waals surface area contributed by atoms with E-state index in [1.54, 1.807) is 12.1 Å². The third kappa shape index (κ3) is 1.96. The van der Waals surface area contributed by atoms with E-state index in [1.807, 2.05) is 19.0 Å². The predicted molar refractivity (Wildman–Crippen MR) is 55.8 cm³/mol. The van der Waals surface area contributed by atoms with Crippen molar-refractivity contribution in [3.63, 3.8) is 0 Å². The van der Waals surface area contributed by atoms with Crippen LogP contribution in [0.2, 0.25) is 0 Å². The van der Waals surface area contributed by atoms with E-state index in [0.717, 1.165) is 5.69 Å². The summed E-state index contributed by atoms with van der Waals surface area (Å²) in [5.41, 5.74) is 1.17. The van der Waals surface area contributed by atoms with Crippen LogP contribution in [-0.2, 0) is 0 Å². The van der Waals surface area contributed by atoms with Gasteiger partial charge in [0.2, 0.25) is 0 Å². The van der Waals surface area contributed by atoms with Gasteiger partial charge in [-0.1, -0.05) is 0 Å². The molecular weight excluding hydrogens is 180 g/mol. The molecule has 1 aromatic carbocycles. The summed E-state index contributed by atoms with van der Waals surface area (Å²) in [6.45, 7) is 0. The van der Waals surface area contributed by atoms with Gasteiger partial charge in [-0.15, -0.1) is 0 Å². The van der Waals surface area contributed by atoms with Gasteiger partial charge < -0.3 is 15.3 Å². The number of carbonyl (C=O) groups excluding carboxylic acids is 1. The smallest absolute Gasteiger partial charge is 0.254 e. The van der Waals surface area contributed by atoms with Gasteiger partial charge in [0.15, 0.2) is 0 Å². The molecule has 1 rings (SSSR count). The molecule has 0 radical (unpaired) electrons. The van der Waals surface area contributed by atoms with E-state index < -0.39 is 0 Å². The number of aromatic hydroxyl groups is 1. The molecule has 0 fully saturated rings. The molecule has 0 aliphatic carbocycles. The highest BCUT2D eigenvalue weighted by Gasteiger charge is 2.10. The van der Waals surface area contributed by atoms with Crippen molar-refractivity contribution in [1.82, 2.24) is 5.32 Å². The quantitative estimate of drug-likeness (QED) is 0.732. The third-order valence-electron chi connectivity index (χ3n) is 1.97. The Hall–Kier alpha value is -1.71. The first-order valence-electron chi connectivity index (χ1n) is 4.28. The first-order chi connectivity index (χ1) is 6.56. The van der Waals surface area contributed by atoms with Gasteiger partial charge in [0, 0.05) is 26.8 Å². The summed E-state index contributed by atoms with van der Waals surface area (Å²) in [5.74, 6) is -0.291. The standard InChI is InChI=1S/C10H14N2O2/c1-11-10(14)8-6-7(12(2)3)4-5-9(8)13/h4-6,13H,1-3H3,(H,11,14). The van der Waals surface area contributed by atoms with E-state index in [2.05, 4.69) is 5.32 Å². The van der Waals surface area contributed by atoms with Crippen molar-refractivity contribution < 1.29 is 9.90 Å². The van der Waals surface area contributed by atoms with Gasteiger partial charge in [0.05, 0.1) is 5.56 Å². The molecule has 1 aromatic rings. The van der Waals surface area contributed by atoms with Gasteiger partial charge in [-0.05, 0) is 18.2 Å². The summed E-state index contributed by atoms with van der Waals surface area (Å²) in [7, 11) is 5.28. The molecule has 76 valence electrons. The van der Waals surface area contributed by atoms with Crippen LogP contribution in [0.5, 0.6) is 5.75 Å². The lowest BCUT2D eigenvalue weighted by molar-refractivity contribution is 0.0960. The molecule has 1 amide bonds. The van der Waals surface area contributed by atoms with Gasteiger partial charge in [0.25, 0.3) is 5.91 Å². The Kier molecular flexibility index (Phi) is 2.96. The zero-order valence-corrected chi connectivity index (χ0v) is 8.53. The van der Waals surface area contributed by atoms with E-state index in [9.17, 15) is 9.90 Å². The van der Waals surface area contributed by atoms with Crippen LogP contribution in [0.25, 0.3) is 0 Å². The van der Waals surface area contributed by atoms with Crippen LogP contribution in [0.3, 0.4) is 0 Å². The SMILES string of the molecule is CNC(=O)c1cc(N(C)C)ccc1O. The molecule has 0 heterocycles. The van der Waals surface area contributed by atoms with Gasteiger partial charge >= 0.3 is 0 Å². The maximum atomic E-state index is 11.3. The summed E-state index contributed by atoms with van der Waals surface area (Å²) >= 11 is 0. The minimum absolute atomic E-state index is 0.00468. The van der Waals surface area contributed by atoms with Crippen molar-refractivity contribution in [2.45, 2.75) is 0 Å². The Labute approximate surface area is 83.2 Å². The summed E-state index contributed by atoms with van der Waals surface area (Å²) < 4.78 is 0. The van der Waals surface area contributed by atoms with Crippen molar-refractivity contribution in [3.8, 4) is 5.75 Å². The summed E-state index contributed by atoms with van der Waals surface area (Å²) in [6.07, 6.45) is 0. The maximum absolute atomic E-state index is 11.3. The van der Waals surface area contributed by atoms with E-state index in [1.165, 1.54) is 13.1 Å². The van der Waals surface area contributed by atoms with E-state index >= 15 is 0 Å². The van der Waals surface area contributed by atoms with Gasteiger partial charge in [-0.25, -0.2) is 0 Å². The number of nitrogens with one attached hydrogen (secondary N) is 1. The molecule has 0 unspecified atom stereocenters. The minimum Gasteiger partial charge on any atom is -0.507 e. The number of phenols is 1. The average molecular weight is 194 g/mol. The normalized spacial score (nSPS) is 9.64. The van der Waals surface area contributed by atoms with Crippen LogP contribution in [0.1, 0.15) is 10.4 Å². The maximum Gasteiger partial charge on any atom is 0.254 e. The van der Waals surface area contributed by atoms with Crippen LogP contribution in [0.15, 0.2) is 18.2 Å². The molecule has 0 aromatic heterocycles. The first kappa shape index (κ1) is 10.4. The van der Waals surface area contributed by atoms with Crippen molar-refractivity contribution in [2.75, 3.05) is 26.0 Å². The minimum atomic E-state index is -0.286. The Morgan fingerprint density at radius 1 is 1.43 bits per heavy atom. The fraction of sp³-hybridized carbons (Fsp3) is 0.300. The van der Waals surface area contributed by atoms with Gasteiger partial charge in [0.1, 0.15) is 5.75 Å². The highest BCUT2D eigenvalue weighted by Crippen LogP contribution is 2.22. The number of carbonyl (C=O) groups is 1. The molecule has 0 atom stereocenters. The number of anilines is 1. The molecule has 4 heteroatoms. The van der Waals surface area contributed by atoms with Crippen molar-refractivity contribution in [2.24, 2.45) is 0 Å². The summed E-state index contributed by atoms with van der Waals surface area (Å²) in [4.78, 5) is 13.2. The van der Waals surface area contributed by atoms with Gasteiger partial charge in [-0.3, -0.25) is 4.79 Å². The topological polar surface area (TPSA) is 52.6 Å². The second-order valence-corrected chi connectivity index (χ2v) is 3.18. The van der Waals surface area contributed by atoms with Crippen molar-refractivity contribution in [1.29, 1.82) is 0 Å². The summed E-state index contributed by atoms with van der Waals surface area (Å²) in [6, 6.07) is 4.91. The third-order valence-corrected chi connectivity index (χ3v) is 1.97. The number of hydrogen-bond acceptors (Lipinski definition) is 3. The molecule has 2 N–H and O–H groups in total. The molecule has 0 saturated heterocycles. The fourth-order valence-electron chi connectivity index (χ4n) is 1.12. The van der Waals surface area contributed by atoms with Crippen LogP contribution in [0, 0.1) is 0 Å². The Bertz CT molecular complexity index is 348. The lowest BCUT2D eigenvalue weighted by Gasteiger charge is -2.13. The molecule has 0 saturated carbocycles. The van der Waals surface area contributed by atoms with Crippen molar-refractivity contribution >= 4 is 11.6 Å². The second-order valence-electron chi connectivity index (χ2n) is 3.18. The van der Waals surface area contributed by atoms with Crippen LogP contribution in [0.4, 0.5) is 5.69 Å². The molecule has 0 aliphatic rings. The molecule has 0 spiro atoms. The fourth-order valence-corrected chi connectivity index (χ4v) is 1.12. The first-order valence-corrected chi connectivity index (χ1v) is 4.28. The zero-order valence-electron chi connectivity index (χ0n) is 8.53. The van der Waals surface area contributed by atoms with Crippen LogP contribution < -0.4 is 10.2 Å². The molecule has 14 heavy (non-hydrogen) atoms. The number of hydrogen-bond donors (Lipinski definition) is 2. The number of nitrogens with zero attached hydrogens (tertiary/aromatic N) is 1. The number of amides is 1. The van der Waals surface area contributed by atoms with Gasteiger partial charge in [-0.2, -0.15) is 0 Å². The lowest BCUT2D eigenvalue weighted by Crippen LogP contribution is -2.18. The number of rotatable bonds is 2. The lowest BCUT2D eigenvalue weighted by atomic mass is 10.1. The second kappa shape index (κ2) is 4.00. The molecular formula is C10H14N2O2. The Morgan fingerprint density at radius 3 is 2.57 bits per heavy atom. The molecule has 0 aliphatic heterocycles. The number of phenolic OH excluding ortho intramolecular Hbond substituents is 1. The highest BCUT2D eigenvalue weighted by molar-refractivity contribution is 5.97. The Morgan fingerprint density at radius 2 is 2.07 bits per heavy atom. The van der Waals surface area contributed by atoms with E-state index in [-0.39, 0.29) is 11.7 Å². The molecule has 4 nitrogen and oxygen atoms in total. The summed E-state index contributed by atoms with van der Waals surface area (Å²) in [5, 5.41) is 11.9. The van der Waals surface area contributed by atoms with E-state index in [0.29, 0.717) is 5.56 Å². The average Bonchev–Trinajstić information content (AvgIpc) is 2.17. The van der Waals surface area contributed by atoms with Crippen molar-refractivity contribution in [3.05, 3.63) is 23.8 Å². The zero-order chi connectivity index (χ0) is 10.7. The highest BCUT2D eigenvalue weighted by atomic mass is 16.3. The van der Waals surface area contributed by atoms with Crippen LogP contribution in [-0.4, -0.2) is 32.2 Å².